The van der Waals surface area contributed by atoms with Gasteiger partial charge < -0.3 is 10.0 Å². The molecule has 3 rings (SSSR count). The van der Waals surface area contributed by atoms with Gasteiger partial charge in [-0.25, -0.2) is 4.98 Å². The molecule has 2 aliphatic rings. The molecule has 1 aromatic rings. The SMILES string of the molecule is N#Cc1cc2c(nc1N1CCCC1CC(=O)O)CCCC2. The summed E-state index contributed by atoms with van der Waals surface area (Å²) in [5.41, 5.74) is 2.87. The van der Waals surface area contributed by atoms with Crippen LogP contribution in [0.1, 0.15) is 48.9 Å². The highest BCUT2D eigenvalue weighted by molar-refractivity contribution is 5.69. The molecule has 1 aromatic heterocycles. The molecular formula is C16H19N3O2. The first-order valence-electron chi connectivity index (χ1n) is 7.60. The van der Waals surface area contributed by atoms with Gasteiger partial charge in [-0.1, -0.05) is 0 Å². The molecule has 1 unspecified atom stereocenters. The van der Waals surface area contributed by atoms with E-state index in [2.05, 4.69) is 6.07 Å². The smallest absolute Gasteiger partial charge is 0.305 e. The van der Waals surface area contributed by atoms with Crippen LogP contribution in [0.5, 0.6) is 0 Å². The van der Waals surface area contributed by atoms with E-state index in [9.17, 15) is 10.1 Å². The predicted molar refractivity (Wildman–Crippen MR) is 78.2 cm³/mol. The van der Waals surface area contributed by atoms with Gasteiger partial charge in [0.2, 0.25) is 0 Å². The fraction of sp³-hybridized carbons (Fsp3) is 0.562. The summed E-state index contributed by atoms with van der Waals surface area (Å²) in [4.78, 5) is 17.8. The number of pyridine rings is 1. The van der Waals surface area contributed by atoms with Crippen LogP contribution < -0.4 is 4.90 Å². The van der Waals surface area contributed by atoms with Gasteiger partial charge in [0.1, 0.15) is 11.9 Å². The summed E-state index contributed by atoms with van der Waals surface area (Å²) in [5.74, 6) is -0.0923. The first kappa shape index (κ1) is 13.9. The zero-order chi connectivity index (χ0) is 14.8. The number of aliphatic carboxylic acids is 1. The topological polar surface area (TPSA) is 77.2 Å². The Morgan fingerprint density at radius 1 is 1.43 bits per heavy atom. The van der Waals surface area contributed by atoms with Crippen molar-refractivity contribution in [1.82, 2.24) is 4.98 Å². The minimum absolute atomic E-state index is 0.0382. The highest BCUT2D eigenvalue weighted by Gasteiger charge is 2.30. The van der Waals surface area contributed by atoms with Gasteiger partial charge in [-0.2, -0.15) is 5.26 Å². The number of nitrogens with zero attached hydrogens (tertiary/aromatic N) is 3. The van der Waals surface area contributed by atoms with Crippen molar-refractivity contribution in [2.24, 2.45) is 0 Å². The molecule has 1 atom stereocenters. The van der Waals surface area contributed by atoms with Crippen molar-refractivity contribution < 1.29 is 9.90 Å². The third kappa shape index (κ3) is 2.71. The van der Waals surface area contributed by atoms with Crippen LogP contribution in [0.4, 0.5) is 5.82 Å². The fourth-order valence-corrected chi connectivity index (χ4v) is 3.45. The number of rotatable bonds is 3. The second-order valence-electron chi connectivity index (χ2n) is 5.87. The zero-order valence-corrected chi connectivity index (χ0v) is 12.0. The molecule has 0 amide bonds. The number of fused-ring (bicyclic) bond motifs is 1. The van der Waals surface area contributed by atoms with Crippen LogP contribution in [0.2, 0.25) is 0 Å². The highest BCUT2D eigenvalue weighted by atomic mass is 16.4. The normalized spacial score (nSPS) is 20.9. The van der Waals surface area contributed by atoms with E-state index in [-0.39, 0.29) is 12.5 Å². The molecule has 1 saturated heterocycles. The first-order chi connectivity index (χ1) is 10.2. The van der Waals surface area contributed by atoms with E-state index in [0.717, 1.165) is 50.8 Å². The molecule has 0 saturated carbocycles. The van der Waals surface area contributed by atoms with E-state index in [1.807, 2.05) is 11.0 Å². The molecule has 5 nitrogen and oxygen atoms in total. The van der Waals surface area contributed by atoms with E-state index in [1.165, 1.54) is 5.56 Å². The molecule has 0 aromatic carbocycles. The molecule has 1 fully saturated rings. The molecule has 1 N–H and O–H groups in total. The van der Waals surface area contributed by atoms with Gasteiger partial charge in [0.05, 0.1) is 12.0 Å². The second-order valence-corrected chi connectivity index (χ2v) is 5.87. The van der Waals surface area contributed by atoms with Crippen LogP contribution in [0.15, 0.2) is 6.07 Å². The lowest BCUT2D eigenvalue weighted by Crippen LogP contribution is -2.33. The Morgan fingerprint density at radius 3 is 3.00 bits per heavy atom. The van der Waals surface area contributed by atoms with E-state index in [0.29, 0.717) is 11.4 Å². The van der Waals surface area contributed by atoms with Gasteiger partial charge in [-0.05, 0) is 50.2 Å². The molecule has 2 heterocycles. The molecule has 5 heteroatoms. The molecule has 21 heavy (non-hydrogen) atoms. The van der Waals surface area contributed by atoms with E-state index >= 15 is 0 Å². The van der Waals surface area contributed by atoms with E-state index in [4.69, 9.17) is 10.1 Å². The summed E-state index contributed by atoms with van der Waals surface area (Å²) in [6.45, 7) is 0.790. The van der Waals surface area contributed by atoms with Crippen molar-refractivity contribution in [1.29, 1.82) is 5.26 Å². The van der Waals surface area contributed by atoms with Crippen LogP contribution in [-0.2, 0) is 17.6 Å². The molecule has 1 aliphatic carbocycles. The number of carboxylic acids is 1. The maximum Gasteiger partial charge on any atom is 0.305 e. The van der Waals surface area contributed by atoms with Gasteiger partial charge in [0, 0.05) is 18.3 Å². The molecule has 0 spiro atoms. The minimum atomic E-state index is -0.789. The largest absolute Gasteiger partial charge is 0.481 e. The van der Waals surface area contributed by atoms with Crippen molar-refractivity contribution in [3.63, 3.8) is 0 Å². The summed E-state index contributed by atoms with van der Waals surface area (Å²) in [6, 6.07) is 4.17. The Bertz CT molecular complexity index is 606. The molecule has 0 bridgehead atoms. The van der Waals surface area contributed by atoms with Crippen molar-refractivity contribution >= 4 is 11.8 Å². The summed E-state index contributed by atoms with van der Waals surface area (Å²) in [6.07, 6.45) is 6.19. The van der Waals surface area contributed by atoms with E-state index < -0.39 is 5.97 Å². The summed E-state index contributed by atoms with van der Waals surface area (Å²) in [7, 11) is 0. The lowest BCUT2D eigenvalue weighted by molar-refractivity contribution is -0.137. The average Bonchev–Trinajstić information content (AvgIpc) is 2.93. The van der Waals surface area contributed by atoms with Crippen LogP contribution in [0.3, 0.4) is 0 Å². The van der Waals surface area contributed by atoms with Gasteiger partial charge in [0.15, 0.2) is 0 Å². The van der Waals surface area contributed by atoms with Gasteiger partial charge in [0.25, 0.3) is 0 Å². The Kier molecular flexibility index (Phi) is 3.78. The Labute approximate surface area is 124 Å². The Hall–Kier alpha value is -2.09. The number of hydrogen-bond acceptors (Lipinski definition) is 4. The van der Waals surface area contributed by atoms with Crippen LogP contribution in [0.25, 0.3) is 0 Å². The fourth-order valence-electron chi connectivity index (χ4n) is 3.45. The molecule has 0 radical (unpaired) electrons. The molecule has 110 valence electrons. The number of nitriles is 1. The van der Waals surface area contributed by atoms with Crippen LogP contribution in [-0.4, -0.2) is 28.6 Å². The lowest BCUT2D eigenvalue weighted by Gasteiger charge is -2.27. The minimum Gasteiger partial charge on any atom is -0.481 e. The molecular weight excluding hydrogens is 266 g/mol. The standard InChI is InChI=1S/C16H19N3O2/c17-10-12-8-11-4-1-2-6-14(11)18-16(12)19-7-3-5-13(19)9-15(20)21/h8,13H,1-7,9H2,(H,20,21). The number of anilines is 1. The number of aromatic nitrogens is 1. The van der Waals surface area contributed by atoms with Crippen molar-refractivity contribution in [2.75, 3.05) is 11.4 Å². The summed E-state index contributed by atoms with van der Waals surface area (Å²) < 4.78 is 0. The highest BCUT2D eigenvalue weighted by Crippen LogP contribution is 2.31. The maximum atomic E-state index is 11.0. The van der Waals surface area contributed by atoms with Crippen LogP contribution in [0, 0.1) is 11.3 Å². The number of aryl methyl sites for hydroxylation is 2. The third-order valence-electron chi connectivity index (χ3n) is 4.46. The monoisotopic (exact) mass is 285 g/mol. The van der Waals surface area contributed by atoms with Gasteiger partial charge in [-0.15, -0.1) is 0 Å². The van der Waals surface area contributed by atoms with Crippen molar-refractivity contribution in [3.05, 3.63) is 22.9 Å². The van der Waals surface area contributed by atoms with E-state index in [1.54, 1.807) is 0 Å². The predicted octanol–water partition coefficient (Wildman–Crippen LogP) is 2.28. The maximum absolute atomic E-state index is 11.0. The number of carbonyl (C=O) groups is 1. The average molecular weight is 285 g/mol. The van der Waals surface area contributed by atoms with Crippen LogP contribution >= 0.6 is 0 Å². The third-order valence-corrected chi connectivity index (χ3v) is 4.46. The summed E-state index contributed by atoms with van der Waals surface area (Å²) in [5, 5.41) is 18.5. The number of hydrogen-bond donors (Lipinski definition) is 1. The Morgan fingerprint density at radius 2 is 2.24 bits per heavy atom. The Balaban J connectivity index is 1.97. The van der Waals surface area contributed by atoms with Crippen molar-refractivity contribution in [3.8, 4) is 6.07 Å². The number of carboxylic acid groups (broad SMARTS) is 1. The van der Waals surface area contributed by atoms with Crippen molar-refractivity contribution in [2.45, 2.75) is 51.0 Å². The zero-order valence-electron chi connectivity index (χ0n) is 12.0. The second kappa shape index (κ2) is 5.72. The van der Waals surface area contributed by atoms with Gasteiger partial charge in [-0.3, -0.25) is 4.79 Å². The first-order valence-corrected chi connectivity index (χ1v) is 7.60. The van der Waals surface area contributed by atoms with Gasteiger partial charge >= 0.3 is 5.97 Å². The summed E-state index contributed by atoms with van der Waals surface area (Å²) >= 11 is 0. The lowest BCUT2D eigenvalue weighted by atomic mass is 9.94. The molecule has 1 aliphatic heterocycles. The quantitative estimate of drug-likeness (QED) is 0.921.